The summed E-state index contributed by atoms with van der Waals surface area (Å²) in [5, 5.41) is 3.56. The summed E-state index contributed by atoms with van der Waals surface area (Å²) in [6, 6.07) is 8.89. The van der Waals surface area contributed by atoms with Gasteiger partial charge in [0.15, 0.2) is 0 Å². The number of fused-ring (bicyclic) bond motifs is 1. The lowest BCUT2D eigenvalue weighted by Crippen LogP contribution is -2.25. The van der Waals surface area contributed by atoms with E-state index in [1.54, 1.807) is 5.56 Å². The molecule has 3 heteroatoms. The predicted octanol–water partition coefficient (Wildman–Crippen LogP) is 2.63. The van der Waals surface area contributed by atoms with Gasteiger partial charge in [-0.15, -0.1) is 0 Å². The number of benzene rings is 1. The van der Waals surface area contributed by atoms with Crippen LogP contribution in [-0.2, 0) is 20.0 Å². The van der Waals surface area contributed by atoms with E-state index in [2.05, 4.69) is 39.1 Å². The van der Waals surface area contributed by atoms with Gasteiger partial charge < -0.3 is 9.88 Å². The molecule has 1 aromatic heterocycles. The second-order valence-corrected chi connectivity index (χ2v) is 5.37. The third-order valence-electron chi connectivity index (χ3n) is 4.09. The molecule has 1 atom stereocenters. The molecule has 1 aliphatic carbocycles. The number of imidazole rings is 1. The number of hydrogen-bond donors (Lipinski definition) is 1. The zero-order valence-corrected chi connectivity index (χ0v) is 11.5. The molecule has 3 rings (SSSR count). The minimum Gasteiger partial charge on any atom is -0.337 e. The number of nitrogens with one attached hydrogen (secondary N) is 1. The summed E-state index contributed by atoms with van der Waals surface area (Å²) in [7, 11) is 2.04. The summed E-state index contributed by atoms with van der Waals surface area (Å²) < 4.78 is 2.07. The van der Waals surface area contributed by atoms with E-state index in [-0.39, 0.29) is 0 Å². The van der Waals surface area contributed by atoms with E-state index in [0.717, 1.165) is 18.9 Å². The molecule has 0 aliphatic heterocycles. The van der Waals surface area contributed by atoms with Crippen LogP contribution in [0.5, 0.6) is 0 Å². The Morgan fingerprint density at radius 3 is 3.11 bits per heavy atom. The van der Waals surface area contributed by atoms with Crippen molar-refractivity contribution in [2.45, 2.75) is 31.7 Å². The van der Waals surface area contributed by atoms with Crippen molar-refractivity contribution in [1.29, 1.82) is 0 Å². The Balaban J connectivity index is 1.61. The molecule has 1 aliphatic rings. The fourth-order valence-corrected chi connectivity index (χ4v) is 2.99. The number of hydrogen-bond acceptors (Lipinski definition) is 2. The average Bonchev–Trinajstić information content (AvgIpc) is 2.85. The monoisotopic (exact) mass is 255 g/mol. The van der Waals surface area contributed by atoms with Gasteiger partial charge in [0.05, 0.1) is 6.54 Å². The highest BCUT2D eigenvalue weighted by atomic mass is 15.1. The van der Waals surface area contributed by atoms with Crippen LogP contribution in [-0.4, -0.2) is 16.1 Å². The van der Waals surface area contributed by atoms with Gasteiger partial charge in [-0.25, -0.2) is 4.98 Å². The van der Waals surface area contributed by atoms with E-state index in [1.165, 1.54) is 24.8 Å². The fourth-order valence-electron chi connectivity index (χ4n) is 2.99. The van der Waals surface area contributed by atoms with Crippen LogP contribution in [0.4, 0.5) is 0 Å². The second-order valence-electron chi connectivity index (χ2n) is 5.37. The molecule has 0 radical (unpaired) electrons. The van der Waals surface area contributed by atoms with Crippen molar-refractivity contribution in [2.75, 3.05) is 6.54 Å². The number of nitrogens with zero attached hydrogens (tertiary/aromatic N) is 2. The minimum absolute atomic E-state index is 0.658. The van der Waals surface area contributed by atoms with Gasteiger partial charge in [-0.3, -0.25) is 0 Å². The molecule has 0 saturated carbocycles. The first-order valence-corrected chi connectivity index (χ1v) is 7.09. The maximum Gasteiger partial charge on any atom is 0.122 e. The quantitative estimate of drug-likeness (QED) is 0.910. The number of aromatic nitrogens is 2. The summed E-state index contributed by atoms with van der Waals surface area (Å²) in [6.45, 7) is 1.89. The van der Waals surface area contributed by atoms with Crippen molar-refractivity contribution in [3.05, 3.63) is 53.6 Å². The zero-order valence-electron chi connectivity index (χ0n) is 11.5. The van der Waals surface area contributed by atoms with Crippen molar-refractivity contribution in [1.82, 2.24) is 14.9 Å². The van der Waals surface area contributed by atoms with Gasteiger partial charge in [0.25, 0.3) is 0 Å². The predicted molar refractivity (Wildman–Crippen MR) is 77.0 cm³/mol. The Morgan fingerprint density at radius 1 is 1.37 bits per heavy atom. The lowest BCUT2D eigenvalue weighted by molar-refractivity contribution is 0.499. The van der Waals surface area contributed by atoms with Crippen molar-refractivity contribution >= 4 is 0 Å². The van der Waals surface area contributed by atoms with Crippen molar-refractivity contribution in [2.24, 2.45) is 7.05 Å². The van der Waals surface area contributed by atoms with Gasteiger partial charge in [0.2, 0.25) is 0 Å². The second kappa shape index (κ2) is 5.57. The first-order chi connectivity index (χ1) is 9.34. The third-order valence-corrected chi connectivity index (χ3v) is 4.09. The van der Waals surface area contributed by atoms with E-state index >= 15 is 0 Å². The van der Waals surface area contributed by atoms with Crippen LogP contribution in [0.25, 0.3) is 0 Å². The van der Waals surface area contributed by atoms with E-state index in [4.69, 9.17) is 0 Å². The largest absolute Gasteiger partial charge is 0.337 e. The van der Waals surface area contributed by atoms with Crippen LogP contribution in [0.1, 0.15) is 35.7 Å². The van der Waals surface area contributed by atoms with Gasteiger partial charge in [0.1, 0.15) is 5.82 Å². The SMILES string of the molecule is Cn1ccnc1CNCC1CCCc2ccccc21. The van der Waals surface area contributed by atoms with Gasteiger partial charge in [0, 0.05) is 26.0 Å². The summed E-state index contributed by atoms with van der Waals surface area (Å²) in [4.78, 5) is 4.34. The molecular formula is C16H21N3. The first kappa shape index (κ1) is 12.4. The summed E-state index contributed by atoms with van der Waals surface area (Å²) >= 11 is 0. The molecule has 1 N–H and O–H groups in total. The Labute approximate surface area is 114 Å². The standard InChI is InChI=1S/C16H21N3/c1-19-10-9-18-16(19)12-17-11-14-7-4-6-13-5-2-3-8-15(13)14/h2-3,5,8-10,14,17H,4,6-7,11-12H2,1H3. The van der Waals surface area contributed by atoms with Crippen LogP contribution in [0.15, 0.2) is 36.7 Å². The smallest absolute Gasteiger partial charge is 0.122 e. The highest BCUT2D eigenvalue weighted by molar-refractivity contribution is 5.32. The van der Waals surface area contributed by atoms with Gasteiger partial charge >= 0.3 is 0 Å². The van der Waals surface area contributed by atoms with E-state index in [9.17, 15) is 0 Å². The Kier molecular flexibility index (Phi) is 3.65. The molecule has 1 aromatic carbocycles. The first-order valence-electron chi connectivity index (χ1n) is 7.09. The minimum atomic E-state index is 0.658. The van der Waals surface area contributed by atoms with Crippen LogP contribution >= 0.6 is 0 Å². The maximum absolute atomic E-state index is 4.34. The molecule has 0 amide bonds. The summed E-state index contributed by atoms with van der Waals surface area (Å²) in [6.07, 6.45) is 7.70. The highest BCUT2D eigenvalue weighted by Crippen LogP contribution is 2.30. The van der Waals surface area contributed by atoms with Crippen molar-refractivity contribution in [3.8, 4) is 0 Å². The number of aryl methyl sites for hydroxylation is 2. The molecule has 0 bridgehead atoms. The average molecular weight is 255 g/mol. The third kappa shape index (κ3) is 2.71. The van der Waals surface area contributed by atoms with Crippen LogP contribution in [0.2, 0.25) is 0 Å². The summed E-state index contributed by atoms with van der Waals surface area (Å²) in [5.74, 6) is 1.76. The lowest BCUT2D eigenvalue weighted by atomic mass is 9.83. The molecule has 0 spiro atoms. The number of rotatable bonds is 4. The molecule has 3 nitrogen and oxygen atoms in total. The topological polar surface area (TPSA) is 29.9 Å². The zero-order chi connectivity index (χ0) is 13.1. The maximum atomic E-state index is 4.34. The van der Waals surface area contributed by atoms with Crippen LogP contribution < -0.4 is 5.32 Å². The Morgan fingerprint density at radius 2 is 2.26 bits per heavy atom. The molecule has 19 heavy (non-hydrogen) atoms. The normalized spacial score (nSPS) is 18.3. The molecular weight excluding hydrogens is 234 g/mol. The molecule has 0 saturated heterocycles. The Bertz CT molecular complexity index is 544. The van der Waals surface area contributed by atoms with Gasteiger partial charge in [-0.2, -0.15) is 0 Å². The molecule has 100 valence electrons. The van der Waals surface area contributed by atoms with E-state index < -0.39 is 0 Å². The van der Waals surface area contributed by atoms with E-state index in [1.807, 2.05) is 19.4 Å². The molecule has 2 aromatic rings. The van der Waals surface area contributed by atoms with E-state index in [0.29, 0.717) is 5.92 Å². The molecule has 0 fully saturated rings. The van der Waals surface area contributed by atoms with Gasteiger partial charge in [-0.05, 0) is 36.3 Å². The highest BCUT2D eigenvalue weighted by Gasteiger charge is 2.19. The van der Waals surface area contributed by atoms with Crippen molar-refractivity contribution < 1.29 is 0 Å². The van der Waals surface area contributed by atoms with Gasteiger partial charge in [-0.1, -0.05) is 24.3 Å². The van der Waals surface area contributed by atoms with Crippen molar-refractivity contribution in [3.63, 3.8) is 0 Å². The molecule has 1 unspecified atom stereocenters. The molecule has 1 heterocycles. The fraction of sp³-hybridized carbons (Fsp3) is 0.438. The van der Waals surface area contributed by atoms with Crippen LogP contribution in [0.3, 0.4) is 0 Å². The van der Waals surface area contributed by atoms with Crippen LogP contribution in [0, 0.1) is 0 Å². The Hall–Kier alpha value is -1.61. The lowest BCUT2D eigenvalue weighted by Gasteiger charge is -2.25. The summed E-state index contributed by atoms with van der Waals surface area (Å²) in [5.41, 5.74) is 3.08.